The van der Waals surface area contributed by atoms with Crippen molar-refractivity contribution in [1.29, 1.82) is 0 Å². The third-order valence-corrected chi connectivity index (χ3v) is 5.94. The summed E-state index contributed by atoms with van der Waals surface area (Å²) in [6.45, 7) is -0.268. The summed E-state index contributed by atoms with van der Waals surface area (Å²) in [5.74, 6) is -1.74. The first-order chi connectivity index (χ1) is 15.2. The lowest BCUT2D eigenvalue weighted by molar-refractivity contribution is -0.116. The first-order valence-electron chi connectivity index (χ1n) is 9.34. The molecule has 10 heteroatoms. The number of amides is 2. The number of nitrogens with zero attached hydrogens (tertiary/aromatic N) is 1. The van der Waals surface area contributed by atoms with Crippen LogP contribution in [0, 0.1) is 5.82 Å². The van der Waals surface area contributed by atoms with E-state index in [0.29, 0.717) is 10.7 Å². The SMILES string of the molecule is CN(CC(=O)Nc1cccc(Cl)c1)C(=O)c1cccc(S(=O)(=O)Nc2ccccc2F)c1. The molecule has 0 aromatic heterocycles. The van der Waals surface area contributed by atoms with Gasteiger partial charge in [-0.2, -0.15) is 0 Å². The van der Waals surface area contributed by atoms with Gasteiger partial charge < -0.3 is 10.2 Å². The second kappa shape index (κ2) is 9.80. The highest BCUT2D eigenvalue weighted by Gasteiger charge is 2.20. The maximum Gasteiger partial charge on any atom is 0.262 e. The lowest BCUT2D eigenvalue weighted by atomic mass is 10.2. The van der Waals surface area contributed by atoms with E-state index in [1.54, 1.807) is 24.3 Å². The molecule has 3 aromatic rings. The number of hydrogen-bond donors (Lipinski definition) is 2. The summed E-state index contributed by atoms with van der Waals surface area (Å²) >= 11 is 5.88. The molecule has 0 fully saturated rings. The highest BCUT2D eigenvalue weighted by molar-refractivity contribution is 7.92. The summed E-state index contributed by atoms with van der Waals surface area (Å²) in [7, 11) is -2.72. The molecule has 0 radical (unpaired) electrons. The Labute approximate surface area is 189 Å². The summed E-state index contributed by atoms with van der Waals surface area (Å²) in [6, 6.07) is 17.2. The lowest BCUT2D eigenvalue weighted by Crippen LogP contribution is -2.35. The molecule has 0 aliphatic carbocycles. The number of anilines is 2. The molecule has 3 rings (SSSR count). The number of nitrogens with one attached hydrogen (secondary N) is 2. The average molecular weight is 476 g/mol. The summed E-state index contributed by atoms with van der Waals surface area (Å²) in [6.07, 6.45) is 0. The zero-order chi connectivity index (χ0) is 23.3. The number of carbonyl (C=O) groups is 2. The number of sulfonamides is 1. The molecule has 0 atom stereocenters. The van der Waals surface area contributed by atoms with E-state index in [4.69, 9.17) is 11.6 Å². The van der Waals surface area contributed by atoms with Gasteiger partial charge in [0.2, 0.25) is 5.91 Å². The van der Waals surface area contributed by atoms with Gasteiger partial charge in [-0.3, -0.25) is 14.3 Å². The van der Waals surface area contributed by atoms with E-state index in [0.717, 1.165) is 17.0 Å². The Balaban J connectivity index is 1.71. The third kappa shape index (κ3) is 5.83. The van der Waals surface area contributed by atoms with Crippen molar-refractivity contribution in [3.05, 3.63) is 89.2 Å². The van der Waals surface area contributed by atoms with Crippen LogP contribution in [0.15, 0.2) is 77.7 Å². The number of benzene rings is 3. The molecule has 0 saturated carbocycles. The van der Waals surface area contributed by atoms with Crippen LogP contribution in [0.5, 0.6) is 0 Å². The molecular formula is C22H19ClFN3O4S. The fourth-order valence-electron chi connectivity index (χ4n) is 2.82. The van der Waals surface area contributed by atoms with E-state index >= 15 is 0 Å². The van der Waals surface area contributed by atoms with E-state index in [1.165, 1.54) is 43.4 Å². The zero-order valence-electron chi connectivity index (χ0n) is 16.9. The van der Waals surface area contributed by atoms with Crippen molar-refractivity contribution in [3.63, 3.8) is 0 Å². The van der Waals surface area contributed by atoms with Gasteiger partial charge >= 0.3 is 0 Å². The fourth-order valence-corrected chi connectivity index (χ4v) is 4.12. The molecule has 0 heterocycles. The maximum absolute atomic E-state index is 13.8. The van der Waals surface area contributed by atoms with Gasteiger partial charge in [-0.15, -0.1) is 0 Å². The molecule has 2 N–H and O–H groups in total. The second-order valence-corrected chi connectivity index (χ2v) is 8.95. The van der Waals surface area contributed by atoms with Gasteiger partial charge in [-0.25, -0.2) is 12.8 Å². The van der Waals surface area contributed by atoms with E-state index in [9.17, 15) is 22.4 Å². The van der Waals surface area contributed by atoms with Crippen LogP contribution in [0.3, 0.4) is 0 Å². The van der Waals surface area contributed by atoms with Gasteiger partial charge in [0.15, 0.2) is 0 Å². The molecule has 3 aromatic carbocycles. The molecule has 32 heavy (non-hydrogen) atoms. The van der Waals surface area contributed by atoms with Crippen LogP contribution in [0.2, 0.25) is 5.02 Å². The molecule has 2 amide bonds. The summed E-state index contributed by atoms with van der Waals surface area (Å²) < 4.78 is 41.2. The molecule has 0 aliphatic rings. The molecule has 166 valence electrons. The highest BCUT2D eigenvalue weighted by Crippen LogP contribution is 2.20. The minimum atomic E-state index is -4.14. The molecule has 0 spiro atoms. The zero-order valence-corrected chi connectivity index (χ0v) is 18.5. The number of halogens is 2. The first-order valence-corrected chi connectivity index (χ1v) is 11.2. The van der Waals surface area contributed by atoms with E-state index < -0.39 is 27.7 Å². The molecule has 7 nitrogen and oxygen atoms in total. The van der Waals surface area contributed by atoms with E-state index in [2.05, 4.69) is 10.0 Å². The van der Waals surface area contributed by atoms with Gasteiger partial charge in [0.05, 0.1) is 17.1 Å². The second-order valence-electron chi connectivity index (χ2n) is 6.83. The van der Waals surface area contributed by atoms with Crippen LogP contribution in [0.1, 0.15) is 10.4 Å². The molecular weight excluding hydrogens is 457 g/mol. The van der Waals surface area contributed by atoms with Crippen LogP contribution < -0.4 is 10.0 Å². The Morgan fingerprint density at radius 1 is 1.00 bits per heavy atom. The van der Waals surface area contributed by atoms with Crippen LogP contribution in [0.4, 0.5) is 15.8 Å². The minimum absolute atomic E-state index is 0.0551. The number of rotatable bonds is 7. The van der Waals surface area contributed by atoms with Gasteiger partial charge in [-0.05, 0) is 48.5 Å². The van der Waals surface area contributed by atoms with Crippen LogP contribution in [0.25, 0.3) is 0 Å². The molecule has 0 unspecified atom stereocenters. The van der Waals surface area contributed by atoms with Gasteiger partial charge in [0.1, 0.15) is 5.82 Å². The predicted octanol–water partition coefficient (Wildman–Crippen LogP) is 3.99. The normalized spacial score (nSPS) is 11.0. The maximum atomic E-state index is 13.8. The largest absolute Gasteiger partial charge is 0.332 e. The Morgan fingerprint density at radius 3 is 2.44 bits per heavy atom. The highest BCUT2D eigenvalue weighted by atomic mass is 35.5. The van der Waals surface area contributed by atoms with Crippen molar-refractivity contribution in [1.82, 2.24) is 4.90 Å². The van der Waals surface area contributed by atoms with Crippen molar-refractivity contribution >= 4 is 44.8 Å². The molecule has 0 saturated heterocycles. The quantitative estimate of drug-likeness (QED) is 0.540. The third-order valence-electron chi connectivity index (χ3n) is 4.35. The van der Waals surface area contributed by atoms with E-state index in [1.807, 2.05) is 0 Å². The topological polar surface area (TPSA) is 95.6 Å². The van der Waals surface area contributed by atoms with Crippen molar-refractivity contribution < 1.29 is 22.4 Å². The van der Waals surface area contributed by atoms with Crippen molar-refractivity contribution in [2.45, 2.75) is 4.90 Å². The molecule has 0 bridgehead atoms. The number of likely N-dealkylation sites (N-methyl/N-ethyl adjacent to an activating group) is 1. The van der Waals surface area contributed by atoms with Crippen LogP contribution in [-0.4, -0.2) is 38.7 Å². The Morgan fingerprint density at radius 2 is 1.72 bits per heavy atom. The predicted molar refractivity (Wildman–Crippen MR) is 121 cm³/mol. The Kier molecular flexibility index (Phi) is 7.12. The number of hydrogen-bond acceptors (Lipinski definition) is 4. The smallest absolute Gasteiger partial charge is 0.262 e. The Hall–Kier alpha value is -3.43. The van der Waals surface area contributed by atoms with Crippen molar-refractivity contribution in [2.75, 3.05) is 23.6 Å². The summed E-state index contributed by atoms with van der Waals surface area (Å²) in [5.41, 5.74) is 0.328. The Bertz CT molecular complexity index is 1270. The van der Waals surface area contributed by atoms with Crippen molar-refractivity contribution in [3.8, 4) is 0 Å². The van der Waals surface area contributed by atoms with E-state index in [-0.39, 0.29) is 22.7 Å². The van der Waals surface area contributed by atoms with Gasteiger partial charge in [0, 0.05) is 23.3 Å². The fraction of sp³-hybridized carbons (Fsp3) is 0.0909. The summed E-state index contributed by atoms with van der Waals surface area (Å²) in [5, 5.41) is 3.08. The average Bonchev–Trinajstić information content (AvgIpc) is 2.74. The number of carbonyl (C=O) groups excluding carboxylic acids is 2. The minimum Gasteiger partial charge on any atom is -0.332 e. The van der Waals surface area contributed by atoms with Crippen LogP contribution >= 0.6 is 11.6 Å². The monoisotopic (exact) mass is 475 g/mol. The first kappa shape index (κ1) is 23.2. The van der Waals surface area contributed by atoms with Gasteiger partial charge in [0.25, 0.3) is 15.9 Å². The lowest BCUT2D eigenvalue weighted by Gasteiger charge is -2.17. The van der Waals surface area contributed by atoms with Crippen LogP contribution in [-0.2, 0) is 14.8 Å². The van der Waals surface area contributed by atoms with Gasteiger partial charge in [-0.1, -0.05) is 35.9 Å². The van der Waals surface area contributed by atoms with Crippen molar-refractivity contribution in [2.24, 2.45) is 0 Å². The number of para-hydroxylation sites is 1. The molecule has 0 aliphatic heterocycles. The summed E-state index contributed by atoms with van der Waals surface area (Å²) in [4.78, 5) is 25.9. The standard InChI is InChI=1S/C22H19ClFN3O4S/c1-27(14-21(28)25-17-8-5-7-16(23)13-17)22(29)15-6-4-9-18(12-15)32(30,31)26-20-11-3-2-10-19(20)24/h2-13,26H,14H2,1H3,(H,25,28).